The SMILES string of the molecule is CC(C)=CCCC(C)(OC1OC(COC2OCC(O)C(O)C2O)C(O)C(O)C1O)C1CCC2(C)C1CCC1C3(C)CC(O)C(OC4OC(CO)C(O)C(O)C4OC4OC(CO)C(O)C(O)C4O)C(C)(C)C3CCC12C. The molecule has 0 radical (unpaired) electrons. The minimum atomic E-state index is -1.84. The molecule has 29 unspecified atom stereocenters. The quantitative estimate of drug-likeness (QED) is 0.0651. The Bertz CT molecular complexity index is 1940. The third-order valence-electron chi connectivity index (χ3n) is 20.4. The van der Waals surface area contributed by atoms with Gasteiger partial charge in [0.2, 0.25) is 0 Å². The number of ether oxygens (including phenoxy) is 8. The van der Waals surface area contributed by atoms with E-state index in [1.807, 2.05) is 34.6 Å². The van der Waals surface area contributed by atoms with E-state index >= 15 is 0 Å². The minimum Gasteiger partial charge on any atom is -0.394 e. The van der Waals surface area contributed by atoms with Crippen LogP contribution in [0.5, 0.6) is 0 Å². The Morgan fingerprint density at radius 2 is 1.16 bits per heavy atom. The van der Waals surface area contributed by atoms with E-state index in [2.05, 4.69) is 26.8 Å². The molecule has 4 aliphatic heterocycles. The van der Waals surface area contributed by atoms with Crippen molar-refractivity contribution in [2.24, 2.45) is 45.3 Å². The number of aliphatic hydroxyl groups excluding tert-OH is 14. The van der Waals surface area contributed by atoms with Crippen LogP contribution in [-0.2, 0) is 37.9 Å². The van der Waals surface area contributed by atoms with Crippen molar-refractivity contribution in [3.8, 4) is 0 Å². The summed E-state index contributed by atoms with van der Waals surface area (Å²) in [5, 5.41) is 151. The Kier molecular flexibility index (Phi) is 18.1. The van der Waals surface area contributed by atoms with Crippen molar-refractivity contribution >= 4 is 0 Å². The summed E-state index contributed by atoms with van der Waals surface area (Å²) in [6.45, 7) is 15.1. The van der Waals surface area contributed by atoms with E-state index in [-0.39, 0.29) is 41.1 Å². The van der Waals surface area contributed by atoms with Crippen molar-refractivity contribution in [2.45, 2.75) is 248 Å². The van der Waals surface area contributed by atoms with Gasteiger partial charge in [0.25, 0.3) is 0 Å². The maximum Gasteiger partial charge on any atom is 0.187 e. The first-order chi connectivity index (χ1) is 35.1. The lowest BCUT2D eigenvalue weighted by Gasteiger charge is -2.70. The second kappa shape index (κ2) is 22.7. The molecule has 8 fully saturated rings. The van der Waals surface area contributed by atoms with Gasteiger partial charge in [0.15, 0.2) is 25.2 Å². The van der Waals surface area contributed by atoms with Crippen LogP contribution in [-0.4, -0.2) is 232 Å². The van der Waals surface area contributed by atoms with E-state index < -0.39 is 165 Å². The molecular formula is C53H90O22. The molecule has 14 N–H and O–H groups in total. The predicted molar refractivity (Wildman–Crippen MR) is 260 cm³/mol. The van der Waals surface area contributed by atoms with Gasteiger partial charge in [0, 0.05) is 0 Å². The maximum absolute atomic E-state index is 12.5. The molecular weight excluding hydrogens is 989 g/mol. The van der Waals surface area contributed by atoms with Gasteiger partial charge < -0.3 is 109 Å². The zero-order valence-corrected chi connectivity index (χ0v) is 44.7. The highest BCUT2D eigenvalue weighted by molar-refractivity contribution is 5.20. The number of rotatable bonds is 15. The molecule has 8 rings (SSSR count). The topological polar surface area (TPSA) is 357 Å². The summed E-state index contributed by atoms with van der Waals surface area (Å²) in [6.07, 6.45) is -22.9. The molecule has 0 aromatic heterocycles. The summed E-state index contributed by atoms with van der Waals surface area (Å²) < 4.78 is 48.7. The van der Waals surface area contributed by atoms with Gasteiger partial charge in [-0.25, -0.2) is 0 Å². The van der Waals surface area contributed by atoms with E-state index in [4.69, 9.17) is 37.9 Å². The fourth-order valence-electron chi connectivity index (χ4n) is 16.2. The predicted octanol–water partition coefficient (Wildman–Crippen LogP) is -1.56. The molecule has 75 heavy (non-hydrogen) atoms. The summed E-state index contributed by atoms with van der Waals surface area (Å²) in [6, 6.07) is 0. The van der Waals surface area contributed by atoms with Crippen LogP contribution < -0.4 is 0 Å². The Hall–Kier alpha value is -1.14. The van der Waals surface area contributed by atoms with Gasteiger partial charge in [-0.05, 0) is 124 Å². The fourth-order valence-corrected chi connectivity index (χ4v) is 16.2. The normalized spacial score (nSPS) is 52.7. The van der Waals surface area contributed by atoms with Crippen molar-refractivity contribution < 1.29 is 109 Å². The lowest BCUT2D eigenvalue weighted by molar-refractivity contribution is -0.383. The first-order valence-corrected chi connectivity index (χ1v) is 27.3. The number of allylic oxidation sites excluding steroid dienone is 2. The second-order valence-electron chi connectivity index (χ2n) is 25.3. The molecule has 22 heteroatoms. The summed E-state index contributed by atoms with van der Waals surface area (Å²) in [7, 11) is 0. The van der Waals surface area contributed by atoms with Crippen molar-refractivity contribution in [1.82, 2.24) is 0 Å². The van der Waals surface area contributed by atoms with Gasteiger partial charge in [0.1, 0.15) is 91.6 Å². The molecule has 0 bridgehead atoms. The Morgan fingerprint density at radius 1 is 0.587 bits per heavy atom. The molecule has 0 aromatic carbocycles. The number of hydrogen-bond donors (Lipinski definition) is 14. The lowest BCUT2D eigenvalue weighted by Crippen LogP contribution is -2.69. The highest BCUT2D eigenvalue weighted by Crippen LogP contribution is 2.76. The molecule has 434 valence electrons. The van der Waals surface area contributed by atoms with E-state index in [9.17, 15) is 71.5 Å². The molecule has 4 aliphatic carbocycles. The molecule has 4 saturated heterocycles. The fraction of sp³-hybridized carbons (Fsp3) is 0.962. The van der Waals surface area contributed by atoms with Gasteiger partial charge in [-0.3, -0.25) is 0 Å². The zero-order valence-electron chi connectivity index (χ0n) is 44.7. The third-order valence-corrected chi connectivity index (χ3v) is 20.4. The summed E-state index contributed by atoms with van der Waals surface area (Å²) in [5.74, 6) is 0.274. The summed E-state index contributed by atoms with van der Waals surface area (Å²) >= 11 is 0. The van der Waals surface area contributed by atoms with Crippen LogP contribution in [0.2, 0.25) is 0 Å². The van der Waals surface area contributed by atoms with E-state index in [1.54, 1.807) is 0 Å². The van der Waals surface area contributed by atoms with Gasteiger partial charge in [-0.15, -0.1) is 0 Å². The van der Waals surface area contributed by atoms with Crippen LogP contribution in [0.25, 0.3) is 0 Å². The Balaban J connectivity index is 1.01. The Labute approximate surface area is 439 Å². The summed E-state index contributed by atoms with van der Waals surface area (Å²) in [5.41, 5.74) is -1.36. The number of aliphatic hydroxyl groups is 14. The average Bonchev–Trinajstić information content (AvgIpc) is 3.72. The number of hydrogen-bond acceptors (Lipinski definition) is 22. The highest BCUT2D eigenvalue weighted by atomic mass is 16.8. The van der Waals surface area contributed by atoms with Gasteiger partial charge in [0.05, 0.1) is 44.2 Å². The highest BCUT2D eigenvalue weighted by Gasteiger charge is 2.71. The van der Waals surface area contributed by atoms with Crippen LogP contribution in [0.4, 0.5) is 0 Å². The average molecular weight is 1080 g/mol. The smallest absolute Gasteiger partial charge is 0.187 e. The molecule has 22 nitrogen and oxygen atoms in total. The third kappa shape index (κ3) is 10.6. The molecule has 4 heterocycles. The molecule has 0 aromatic rings. The van der Waals surface area contributed by atoms with Gasteiger partial charge in [-0.2, -0.15) is 0 Å². The van der Waals surface area contributed by atoms with Crippen molar-refractivity contribution in [3.05, 3.63) is 11.6 Å². The zero-order chi connectivity index (χ0) is 55.1. The van der Waals surface area contributed by atoms with E-state index in [0.29, 0.717) is 19.3 Å². The van der Waals surface area contributed by atoms with E-state index in [1.165, 1.54) is 0 Å². The standard InChI is InChI=1S/C53H90O22/c1-23(2)10-9-15-53(8,75-47-42(67)38(63)36(61)30(72-47)22-69-45-40(65)33(58)27(57)21-68-45)25-13-16-51(6)24(25)11-12-32-50(5)18-26(56)44(49(3,4)31(50)14-17-52(32,51)7)74-48-43(39(64)35(60)29(20-55)71-48)73-46-41(66)37(62)34(59)28(19-54)70-46/h10,24-48,54-67H,9,11-22H2,1-8H3. The maximum atomic E-state index is 12.5. The molecule has 29 atom stereocenters. The Morgan fingerprint density at radius 3 is 1.80 bits per heavy atom. The molecule has 0 spiro atoms. The minimum absolute atomic E-state index is 0.00250. The van der Waals surface area contributed by atoms with Crippen LogP contribution in [0.1, 0.15) is 113 Å². The monoisotopic (exact) mass is 1080 g/mol. The van der Waals surface area contributed by atoms with Crippen LogP contribution in [0.3, 0.4) is 0 Å². The first kappa shape index (κ1) is 60.0. The number of fused-ring (bicyclic) bond motifs is 5. The van der Waals surface area contributed by atoms with Gasteiger partial charge >= 0.3 is 0 Å². The molecule has 4 saturated carbocycles. The van der Waals surface area contributed by atoms with Crippen molar-refractivity contribution in [1.29, 1.82) is 0 Å². The summed E-state index contributed by atoms with van der Waals surface area (Å²) in [4.78, 5) is 0. The van der Waals surface area contributed by atoms with Crippen molar-refractivity contribution in [3.63, 3.8) is 0 Å². The molecule has 0 amide bonds. The lowest BCUT2D eigenvalue weighted by atomic mass is 9.35. The second-order valence-corrected chi connectivity index (χ2v) is 25.3. The van der Waals surface area contributed by atoms with Crippen LogP contribution in [0, 0.1) is 45.3 Å². The van der Waals surface area contributed by atoms with E-state index in [0.717, 1.165) is 44.1 Å². The van der Waals surface area contributed by atoms with Gasteiger partial charge in [-0.1, -0.05) is 46.3 Å². The van der Waals surface area contributed by atoms with Crippen LogP contribution in [0.15, 0.2) is 11.6 Å². The van der Waals surface area contributed by atoms with Crippen LogP contribution >= 0.6 is 0 Å². The largest absolute Gasteiger partial charge is 0.394 e. The van der Waals surface area contributed by atoms with Crippen molar-refractivity contribution in [2.75, 3.05) is 26.4 Å². The molecule has 8 aliphatic rings. The first-order valence-electron chi connectivity index (χ1n) is 27.3.